The molecule has 0 spiro atoms. The minimum atomic E-state index is -1.19. The fourth-order valence-corrected chi connectivity index (χ4v) is 2.95. The Morgan fingerprint density at radius 1 is 1.03 bits per heavy atom. The summed E-state index contributed by atoms with van der Waals surface area (Å²) in [6.07, 6.45) is 8.98. The van der Waals surface area contributed by atoms with E-state index >= 15 is 0 Å². The van der Waals surface area contributed by atoms with Gasteiger partial charge in [-0.2, -0.15) is 0 Å². The number of aliphatic carboxylic acids is 1. The number of rotatable bonds is 15. The van der Waals surface area contributed by atoms with Gasteiger partial charge in [0.1, 0.15) is 5.70 Å². The van der Waals surface area contributed by atoms with Crippen LogP contribution < -0.4 is 16.4 Å². The van der Waals surface area contributed by atoms with E-state index in [4.69, 9.17) is 10.8 Å². The monoisotopic (exact) mass is 433 g/mol. The second-order valence-corrected chi connectivity index (χ2v) is 7.41. The lowest BCUT2D eigenvalue weighted by Gasteiger charge is -2.24. The molecule has 170 valence electrons. The lowest BCUT2D eigenvalue weighted by atomic mass is 9.95. The Balaban J connectivity index is 0. The van der Waals surface area contributed by atoms with Crippen LogP contribution in [0.2, 0.25) is 0 Å². The highest BCUT2D eigenvalue weighted by Crippen LogP contribution is 2.13. The van der Waals surface area contributed by atoms with Crippen LogP contribution in [0.3, 0.4) is 0 Å². The number of carboxylic acids is 1. The number of hydrogen-bond donors (Lipinski definition) is 4. The summed E-state index contributed by atoms with van der Waals surface area (Å²) in [5.41, 5.74) is 6.00. The van der Waals surface area contributed by atoms with E-state index in [-0.39, 0.29) is 48.4 Å². The maximum Gasteiger partial charge on any atom is 0.352 e. The van der Waals surface area contributed by atoms with E-state index in [0.29, 0.717) is 6.42 Å². The molecular weight excluding hydrogens is 394 g/mol. The van der Waals surface area contributed by atoms with Crippen LogP contribution in [-0.4, -0.2) is 35.0 Å². The number of carbonyl (C=O) groups is 3. The first kappa shape index (κ1) is 29.6. The van der Waals surface area contributed by atoms with Gasteiger partial charge in [-0.1, -0.05) is 65.4 Å². The van der Waals surface area contributed by atoms with Crippen molar-refractivity contribution in [2.75, 3.05) is 0 Å². The number of carboxylic acid groups (broad SMARTS) is 1. The van der Waals surface area contributed by atoms with E-state index in [9.17, 15) is 14.4 Å². The van der Waals surface area contributed by atoms with Crippen molar-refractivity contribution < 1.29 is 19.5 Å². The smallest absolute Gasteiger partial charge is 0.352 e. The van der Waals surface area contributed by atoms with Gasteiger partial charge in [-0.3, -0.25) is 9.59 Å². The molecule has 8 heteroatoms. The fourth-order valence-electron chi connectivity index (χ4n) is 2.95. The second kappa shape index (κ2) is 17.3. The third kappa shape index (κ3) is 13.3. The van der Waals surface area contributed by atoms with E-state index in [1.54, 1.807) is 6.92 Å². The van der Waals surface area contributed by atoms with Gasteiger partial charge in [-0.15, -0.1) is 12.4 Å². The number of carbonyl (C=O) groups excluding carboxylic acids is 2. The number of halogens is 1. The number of unbranched alkanes of at least 4 members (excludes halogenated alkanes) is 4. The van der Waals surface area contributed by atoms with Gasteiger partial charge in [0.2, 0.25) is 11.8 Å². The topological polar surface area (TPSA) is 122 Å². The quantitative estimate of drug-likeness (QED) is 0.232. The number of nitrogens with one attached hydrogen (secondary N) is 2. The molecule has 0 aliphatic heterocycles. The summed E-state index contributed by atoms with van der Waals surface area (Å²) in [6, 6.07) is -0.547. The normalized spacial score (nSPS) is 14.3. The molecule has 7 nitrogen and oxygen atoms in total. The van der Waals surface area contributed by atoms with Gasteiger partial charge in [0, 0.05) is 18.5 Å². The predicted molar refractivity (Wildman–Crippen MR) is 119 cm³/mol. The lowest BCUT2D eigenvalue weighted by molar-refractivity contribution is -0.135. The molecule has 0 saturated heterocycles. The largest absolute Gasteiger partial charge is 0.477 e. The van der Waals surface area contributed by atoms with E-state index in [0.717, 1.165) is 44.9 Å². The van der Waals surface area contributed by atoms with Crippen LogP contribution in [0.1, 0.15) is 85.5 Å². The van der Waals surface area contributed by atoms with Crippen LogP contribution in [-0.2, 0) is 14.4 Å². The third-order valence-corrected chi connectivity index (χ3v) is 4.92. The van der Waals surface area contributed by atoms with Crippen LogP contribution in [0.15, 0.2) is 11.8 Å². The maximum absolute atomic E-state index is 12.6. The summed E-state index contributed by atoms with van der Waals surface area (Å²) < 4.78 is 0. The first-order valence-corrected chi connectivity index (χ1v) is 10.5. The molecule has 0 saturated carbocycles. The van der Waals surface area contributed by atoms with Crippen LogP contribution in [0.25, 0.3) is 0 Å². The lowest BCUT2D eigenvalue weighted by Crippen LogP contribution is -2.46. The summed E-state index contributed by atoms with van der Waals surface area (Å²) >= 11 is 0. The highest BCUT2D eigenvalue weighted by molar-refractivity contribution is 5.92. The summed E-state index contributed by atoms with van der Waals surface area (Å²) in [5.74, 6) is -2.09. The van der Waals surface area contributed by atoms with Crippen LogP contribution in [0.4, 0.5) is 0 Å². The molecule has 0 heterocycles. The zero-order valence-corrected chi connectivity index (χ0v) is 19.1. The molecule has 2 amide bonds. The van der Waals surface area contributed by atoms with Gasteiger partial charge in [0.15, 0.2) is 0 Å². The van der Waals surface area contributed by atoms with Crippen LogP contribution in [0, 0.1) is 5.92 Å². The van der Waals surface area contributed by atoms with Gasteiger partial charge in [-0.25, -0.2) is 4.79 Å². The van der Waals surface area contributed by atoms with Crippen molar-refractivity contribution in [3.05, 3.63) is 11.8 Å². The van der Waals surface area contributed by atoms with Crippen molar-refractivity contribution in [2.45, 2.75) is 97.6 Å². The molecule has 0 unspecified atom stereocenters. The summed E-state index contributed by atoms with van der Waals surface area (Å²) in [6.45, 7) is 7.57. The van der Waals surface area contributed by atoms with Gasteiger partial charge in [0.25, 0.3) is 0 Å². The van der Waals surface area contributed by atoms with Crippen molar-refractivity contribution in [3.63, 3.8) is 0 Å². The highest BCUT2D eigenvalue weighted by atomic mass is 35.5. The van der Waals surface area contributed by atoms with Crippen LogP contribution >= 0.6 is 12.4 Å². The summed E-state index contributed by atoms with van der Waals surface area (Å²) in [4.78, 5) is 35.9. The average molecular weight is 434 g/mol. The van der Waals surface area contributed by atoms with E-state index in [1.165, 1.54) is 6.08 Å². The first-order chi connectivity index (χ1) is 13.3. The van der Waals surface area contributed by atoms with Crippen molar-refractivity contribution in [2.24, 2.45) is 11.7 Å². The van der Waals surface area contributed by atoms with Gasteiger partial charge in [0.05, 0.1) is 5.92 Å². The molecule has 0 aromatic heterocycles. The molecule has 3 atom stereocenters. The predicted octanol–water partition coefficient (Wildman–Crippen LogP) is 3.51. The van der Waals surface area contributed by atoms with Crippen LogP contribution in [0.5, 0.6) is 0 Å². The van der Waals surface area contributed by atoms with Crippen molar-refractivity contribution in [1.29, 1.82) is 0 Å². The molecular formula is C21H40ClN3O4. The number of hydrogen-bond acceptors (Lipinski definition) is 4. The maximum atomic E-state index is 12.6. The molecule has 0 fully saturated rings. The van der Waals surface area contributed by atoms with E-state index in [1.807, 2.05) is 6.92 Å². The average Bonchev–Trinajstić information content (AvgIpc) is 2.65. The Hall–Kier alpha value is -1.60. The van der Waals surface area contributed by atoms with Crippen molar-refractivity contribution in [3.8, 4) is 0 Å². The SMILES string of the molecule is C/C=C(\NC(=O)C[C@H](CCCCC)NC(=O)[C@H](C)[C@@H](N)CCCCC)C(=O)O.Cl. The standard InChI is InChI=1S/C21H39N3O4.ClH/c1-5-8-10-12-16(14-19(25)24-18(7-3)21(27)28)23-20(26)15(4)17(22)13-11-9-6-2;/h7,15-17H,5-6,8-14,22H2,1-4H3,(H,23,26)(H,24,25)(H,27,28);1H/b18-7-;/t15-,16+,17+;/m1./s1. The Kier molecular flexibility index (Phi) is 17.6. The van der Waals surface area contributed by atoms with Crippen molar-refractivity contribution in [1.82, 2.24) is 10.6 Å². The number of allylic oxidation sites excluding steroid dienone is 1. The van der Waals surface area contributed by atoms with Gasteiger partial charge >= 0.3 is 5.97 Å². The Bertz CT molecular complexity index is 526. The second-order valence-electron chi connectivity index (χ2n) is 7.41. The summed E-state index contributed by atoms with van der Waals surface area (Å²) in [5, 5.41) is 14.4. The molecule has 0 aliphatic rings. The molecule has 0 rings (SSSR count). The molecule has 0 aromatic carbocycles. The summed E-state index contributed by atoms with van der Waals surface area (Å²) in [7, 11) is 0. The molecule has 0 aromatic rings. The van der Waals surface area contributed by atoms with E-state index < -0.39 is 11.9 Å². The Labute approximate surface area is 181 Å². The number of nitrogens with two attached hydrogens (primary N) is 1. The Morgan fingerprint density at radius 2 is 1.59 bits per heavy atom. The minimum Gasteiger partial charge on any atom is -0.477 e. The third-order valence-electron chi connectivity index (χ3n) is 4.92. The van der Waals surface area contributed by atoms with Gasteiger partial charge < -0.3 is 21.5 Å². The first-order valence-electron chi connectivity index (χ1n) is 10.5. The molecule has 0 aliphatic carbocycles. The minimum absolute atomic E-state index is 0. The molecule has 5 N–H and O–H groups in total. The molecule has 0 radical (unpaired) electrons. The molecule has 0 bridgehead atoms. The fraction of sp³-hybridized carbons (Fsp3) is 0.762. The van der Waals surface area contributed by atoms with Gasteiger partial charge in [-0.05, 0) is 19.8 Å². The molecule has 29 heavy (non-hydrogen) atoms. The zero-order valence-electron chi connectivity index (χ0n) is 18.3. The number of amides is 2. The highest BCUT2D eigenvalue weighted by Gasteiger charge is 2.24. The van der Waals surface area contributed by atoms with E-state index in [2.05, 4.69) is 24.5 Å². The Morgan fingerprint density at radius 3 is 2.07 bits per heavy atom. The van der Waals surface area contributed by atoms with Crippen molar-refractivity contribution >= 4 is 30.2 Å². The zero-order chi connectivity index (χ0) is 21.5.